The highest BCUT2D eigenvalue weighted by Crippen LogP contribution is 2.32. The molecule has 2 saturated heterocycles. The van der Waals surface area contributed by atoms with Crippen LogP contribution < -0.4 is 0 Å². The summed E-state index contributed by atoms with van der Waals surface area (Å²) in [6.45, 7) is 7.77. The summed E-state index contributed by atoms with van der Waals surface area (Å²) in [6, 6.07) is 1.62. The standard InChI is InChI=1S/C10H17N/c1-8-6-9(2)11-5-3-4-10(11)7-8/h9-10H,1,3-7H2,2H3/t9-,10+/m0/s1. The second-order valence-corrected chi connectivity index (χ2v) is 4.04. The summed E-state index contributed by atoms with van der Waals surface area (Å²) in [7, 11) is 0. The van der Waals surface area contributed by atoms with Crippen molar-refractivity contribution in [3.05, 3.63) is 12.2 Å². The first-order valence-electron chi connectivity index (χ1n) is 4.70. The van der Waals surface area contributed by atoms with Gasteiger partial charge in [0.2, 0.25) is 0 Å². The van der Waals surface area contributed by atoms with E-state index in [4.69, 9.17) is 0 Å². The molecule has 1 heteroatoms. The molecule has 0 aliphatic carbocycles. The maximum Gasteiger partial charge on any atom is 0.0136 e. The number of hydrogen-bond acceptors (Lipinski definition) is 1. The molecule has 0 spiro atoms. The van der Waals surface area contributed by atoms with Crippen molar-refractivity contribution in [3.63, 3.8) is 0 Å². The minimum Gasteiger partial charge on any atom is -0.297 e. The zero-order valence-corrected chi connectivity index (χ0v) is 7.34. The monoisotopic (exact) mass is 151 g/mol. The molecule has 2 rings (SSSR count). The lowest BCUT2D eigenvalue weighted by Gasteiger charge is -2.36. The van der Waals surface area contributed by atoms with Crippen molar-refractivity contribution in [3.8, 4) is 0 Å². The maximum atomic E-state index is 4.10. The molecule has 0 N–H and O–H groups in total. The van der Waals surface area contributed by atoms with Gasteiger partial charge in [0.1, 0.15) is 0 Å². The van der Waals surface area contributed by atoms with E-state index < -0.39 is 0 Å². The number of nitrogens with zero attached hydrogens (tertiary/aromatic N) is 1. The summed E-state index contributed by atoms with van der Waals surface area (Å²) in [5.74, 6) is 0. The minimum absolute atomic E-state index is 0.767. The average Bonchev–Trinajstić information content (AvgIpc) is 2.34. The van der Waals surface area contributed by atoms with Gasteiger partial charge < -0.3 is 0 Å². The Hall–Kier alpha value is -0.300. The van der Waals surface area contributed by atoms with Gasteiger partial charge in [-0.25, -0.2) is 0 Å². The Morgan fingerprint density at radius 3 is 3.09 bits per heavy atom. The fraction of sp³-hybridized carbons (Fsp3) is 0.800. The summed E-state index contributed by atoms with van der Waals surface area (Å²) in [5, 5.41) is 0. The van der Waals surface area contributed by atoms with E-state index in [0.29, 0.717) is 0 Å². The number of rotatable bonds is 0. The van der Waals surface area contributed by atoms with E-state index >= 15 is 0 Å². The van der Waals surface area contributed by atoms with Crippen LogP contribution in [0, 0.1) is 0 Å². The molecule has 0 amide bonds. The Labute approximate surface area is 69.1 Å². The third kappa shape index (κ3) is 1.22. The molecule has 0 radical (unpaired) electrons. The van der Waals surface area contributed by atoms with Crippen molar-refractivity contribution in [2.45, 2.75) is 44.7 Å². The van der Waals surface area contributed by atoms with Crippen molar-refractivity contribution < 1.29 is 0 Å². The molecule has 0 aromatic carbocycles. The molecular formula is C10H17N. The molecule has 2 atom stereocenters. The zero-order chi connectivity index (χ0) is 7.84. The molecule has 0 saturated carbocycles. The molecule has 2 fully saturated rings. The molecule has 11 heavy (non-hydrogen) atoms. The first-order chi connectivity index (χ1) is 5.27. The molecule has 2 heterocycles. The first-order valence-corrected chi connectivity index (χ1v) is 4.70. The molecular weight excluding hydrogens is 134 g/mol. The van der Waals surface area contributed by atoms with Crippen molar-refractivity contribution in [1.82, 2.24) is 4.90 Å². The van der Waals surface area contributed by atoms with Gasteiger partial charge in [-0.2, -0.15) is 0 Å². The molecule has 62 valence electrons. The Morgan fingerprint density at radius 1 is 1.45 bits per heavy atom. The van der Waals surface area contributed by atoms with Gasteiger partial charge in [0.05, 0.1) is 0 Å². The summed E-state index contributed by atoms with van der Waals surface area (Å²) in [5.41, 5.74) is 1.47. The predicted molar refractivity (Wildman–Crippen MR) is 47.6 cm³/mol. The van der Waals surface area contributed by atoms with E-state index in [9.17, 15) is 0 Å². The topological polar surface area (TPSA) is 3.24 Å². The van der Waals surface area contributed by atoms with E-state index in [-0.39, 0.29) is 0 Å². The van der Waals surface area contributed by atoms with Crippen LogP contribution in [0.5, 0.6) is 0 Å². The molecule has 2 aliphatic heterocycles. The lowest BCUT2D eigenvalue weighted by Crippen LogP contribution is -2.41. The zero-order valence-electron chi connectivity index (χ0n) is 7.34. The Morgan fingerprint density at radius 2 is 2.27 bits per heavy atom. The molecule has 0 aromatic heterocycles. The van der Waals surface area contributed by atoms with Crippen molar-refractivity contribution in [2.24, 2.45) is 0 Å². The molecule has 0 aromatic rings. The quantitative estimate of drug-likeness (QED) is 0.480. The second kappa shape index (κ2) is 2.63. The summed E-state index contributed by atoms with van der Waals surface area (Å²) in [4.78, 5) is 2.66. The van der Waals surface area contributed by atoms with Gasteiger partial charge in [-0.05, 0) is 39.2 Å². The Balaban J connectivity index is 2.10. The predicted octanol–water partition coefficient (Wildman–Crippen LogP) is 2.19. The van der Waals surface area contributed by atoms with E-state index in [1.807, 2.05) is 0 Å². The highest BCUT2D eigenvalue weighted by Gasteiger charge is 2.32. The van der Waals surface area contributed by atoms with Crippen LogP contribution in [0.15, 0.2) is 12.2 Å². The van der Waals surface area contributed by atoms with Crippen molar-refractivity contribution >= 4 is 0 Å². The Kier molecular flexibility index (Phi) is 1.76. The van der Waals surface area contributed by atoms with Crippen LogP contribution in [0.4, 0.5) is 0 Å². The lowest BCUT2D eigenvalue weighted by atomic mass is 9.94. The normalized spacial score (nSPS) is 39.2. The lowest BCUT2D eigenvalue weighted by molar-refractivity contribution is 0.163. The second-order valence-electron chi connectivity index (χ2n) is 4.04. The maximum absolute atomic E-state index is 4.10. The highest BCUT2D eigenvalue weighted by molar-refractivity contribution is 5.07. The third-order valence-electron chi connectivity index (χ3n) is 3.10. The molecule has 0 bridgehead atoms. The van der Waals surface area contributed by atoms with Gasteiger partial charge in [-0.3, -0.25) is 4.90 Å². The average molecular weight is 151 g/mol. The van der Waals surface area contributed by atoms with Crippen LogP contribution in [-0.4, -0.2) is 23.5 Å². The minimum atomic E-state index is 0.767. The van der Waals surface area contributed by atoms with E-state index in [2.05, 4.69) is 18.4 Å². The summed E-state index contributed by atoms with van der Waals surface area (Å²) < 4.78 is 0. The van der Waals surface area contributed by atoms with Gasteiger partial charge in [0.25, 0.3) is 0 Å². The molecule has 0 unspecified atom stereocenters. The number of piperidine rings is 1. The third-order valence-corrected chi connectivity index (χ3v) is 3.10. The molecule has 1 nitrogen and oxygen atoms in total. The van der Waals surface area contributed by atoms with Gasteiger partial charge in [-0.15, -0.1) is 0 Å². The van der Waals surface area contributed by atoms with Gasteiger partial charge in [-0.1, -0.05) is 12.2 Å². The van der Waals surface area contributed by atoms with Crippen LogP contribution >= 0.6 is 0 Å². The van der Waals surface area contributed by atoms with E-state index in [1.54, 1.807) is 0 Å². The summed E-state index contributed by atoms with van der Waals surface area (Å²) in [6.07, 6.45) is 5.31. The van der Waals surface area contributed by atoms with Gasteiger partial charge in [0, 0.05) is 12.1 Å². The largest absolute Gasteiger partial charge is 0.297 e. The van der Waals surface area contributed by atoms with Crippen LogP contribution in [0.1, 0.15) is 32.6 Å². The smallest absolute Gasteiger partial charge is 0.0136 e. The van der Waals surface area contributed by atoms with Crippen LogP contribution in [-0.2, 0) is 0 Å². The van der Waals surface area contributed by atoms with Crippen molar-refractivity contribution in [1.29, 1.82) is 0 Å². The van der Waals surface area contributed by atoms with Gasteiger partial charge in [0.15, 0.2) is 0 Å². The van der Waals surface area contributed by atoms with Crippen LogP contribution in [0.3, 0.4) is 0 Å². The van der Waals surface area contributed by atoms with Crippen LogP contribution in [0.2, 0.25) is 0 Å². The Bertz CT molecular complexity index is 174. The first kappa shape index (κ1) is 7.35. The van der Waals surface area contributed by atoms with Crippen molar-refractivity contribution in [2.75, 3.05) is 6.54 Å². The SMILES string of the molecule is C=C1C[C@H]2CCCN2[C@@H](C)C1. The van der Waals surface area contributed by atoms with E-state index in [0.717, 1.165) is 12.1 Å². The highest BCUT2D eigenvalue weighted by atomic mass is 15.2. The fourth-order valence-corrected chi connectivity index (χ4v) is 2.61. The van der Waals surface area contributed by atoms with Crippen LogP contribution in [0.25, 0.3) is 0 Å². The number of hydrogen-bond donors (Lipinski definition) is 0. The molecule has 2 aliphatic rings. The van der Waals surface area contributed by atoms with Gasteiger partial charge >= 0.3 is 0 Å². The summed E-state index contributed by atoms with van der Waals surface area (Å²) >= 11 is 0. The number of fused-ring (bicyclic) bond motifs is 1. The van der Waals surface area contributed by atoms with E-state index in [1.165, 1.54) is 37.8 Å². The fourth-order valence-electron chi connectivity index (χ4n) is 2.61.